The summed E-state index contributed by atoms with van der Waals surface area (Å²) in [6, 6.07) is 6.35. The second-order valence-corrected chi connectivity index (χ2v) is 7.62. The van der Waals surface area contributed by atoms with Crippen molar-refractivity contribution in [2.45, 2.75) is 31.6 Å². The van der Waals surface area contributed by atoms with E-state index < -0.39 is 9.84 Å². The standard InChI is InChI=1S/C14H22ClNO2S/c1-12(2)11-16-9-3-4-10-19(17,18)14-7-5-13(15)6-8-14/h5-8,12,16H,3-4,9-11H2,1-2H3. The lowest BCUT2D eigenvalue weighted by Gasteiger charge is -2.07. The predicted octanol–water partition coefficient (Wildman–Crippen LogP) is 3.14. The van der Waals surface area contributed by atoms with E-state index in [0.29, 0.717) is 22.3 Å². The van der Waals surface area contributed by atoms with Crippen molar-refractivity contribution in [1.82, 2.24) is 5.32 Å². The lowest BCUT2D eigenvalue weighted by Crippen LogP contribution is -2.21. The topological polar surface area (TPSA) is 46.2 Å². The number of rotatable bonds is 8. The SMILES string of the molecule is CC(C)CNCCCCS(=O)(=O)c1ccc(Cl)cc1. The van der Waals surface area contributed by atoms with E-state index in [1.165, 1.54) is 0 Å². The van der Waals surface area contributed by atoms with E-state index >= 15 is 0 Å². The summed E-state index contributed by atoms with van der Waals surface area (Å²) in [4.78, 5) is 0.354. The molecule has 0 unspecified atom stereocenters. The van der Waals surface area contributed by atoms with Crippen LogP contribution in [0.4, 0.5) is 0 Å². The molecule has 0 radical (unpaired) electrons. The van der Waals surface area contributed by atoms with Crippen LogP contribution in [0.15, 0.2) is 29.2 Å². The van der Waals surface area contributed by atoms with Gasteiger partial charge in [-0.15, -0.1) is 0 Å². The molecule has 3 nitrogen and oxygen atoms in total. The van der Waals surface area contributed by atoms with Crippen LogP contribution in [-0.4, -0.2) is 27.3 Å². The minimum absolute atomic E-state index is 0.192. The summed E-state index contributed by atoms with van der Waals surface area (Å²) in [6.45, 7) is 6.15. The molecule has 1 rings (SSSR count). The van der Waals surface area contributed by atoms with Crippen LogP contribution >= 0.6 is 11.6 Å². The van der Waals surface area contributed by atoms with Crippen LogP contribution in [0.3, 0.4) is 0 Å². The number of benzene rings is 1. The molecule has 0 aromatic heterocycles. The molecule has 0 atom stereocenters. The zero-order valence-electron chi connectivity index (χ0n) is 11.5. The molecule has 0 bridgehead atoms. The molecule has 0 aliphatic carbocycles. The van der Waals surface area contributed by atoms with Gasteiger partial charge in [-0.25, -0.2) is 8.42 Å². The molecule has 1 aromatic rings. The molecule has 5 heteroatoms. The van der Waals surface area contributed by atoms with Crippen molar-refractivity contribution in [3.63, 3.8) is 0 Å². The van der Waals surface area contributed by atoms with Gasteiger partial charge < -0.3 is 5.32 Å². The summed E-state index contributed by atoms with van der Waals surface area (Å²) in [6.07, 6.45) is 1.55. The van der Waals surface area contributed by atoms with Gasteiger partial charge in [0.15, 0.2) is 9.84 Å². The van der Waals surface area contributed by atoms with E-state index in [2.05, 4.69) is 19.2 Å². The molecule has 0 aliphatic rings. The van der Waals surface area contributed by atoms with Crippen molar-refractivity contribution < 1.29 is 8.42 Å². The Morgan fingerprint density at radius 1 is 1.16 bits per heavy atom. The fourth-order valence-corrected chi connectivity index (χ4v) is 3.19. The first-order chi connectivity index (χ1) is 8.92. The van der Waals surface area contributed by atoms with E-state index in [9.17, 15) is 8.42 Å². The Labute approximate surface area is 121 Å². The lowest BCUT2D eigenvalue weighted by atomic mass is 10.2. The van der Waals surface area contributed by atoms with Gasteiger partial charge in [-0.05, 0) is 56.1 Å². The number of unbranched alkanes of at least 4 members (excludes halogenated alkanes) is 1. The lowest BCUT2D eigenvalue weighted by molar-refractivity contribution is 0.538. The maximum atomic E-state index is 12.0. The second kappa shape index (κ2) is 7.88. The van der Waals surface area contributed by atoms with E-state index in [-0.39, 0.29) is 5.75 Å². The Balaban J connectivity index is 2.33. The molecule has 0 aliphatic heterocycles. The highest BCUT2D eigenvalue weighted by molar-refractivity contribution is 7.91. The van der Waals surface area contributed by atoms with Crippen LogP contribution in [0, 0.1) is 5.92 Å². The van der Waals surface area contributed by atoms with Gasteiger partial charge in [0.05, 0.1) is 10.6 Å². The van der Waals surface area contributed by atoms with Crippen molar-refractivity contribution >= 4 is 21.4 Å². The number of hydrogen-bond acceptors (Lipinski definition) is 3. The van der Waals surface area contributed by atoms with Crippen LogP contribution in [-0.2, 0) is 9.84 Å². The highest BCUT2D eigenvalue weighted by atomic mass is 35.5. The van der Waals surface area contributed by atoms with E-state index in [1.54, 1.807) is 24.3 Å². The molecule has 0 saturated heterocycles. The molecule has 0 fully saturated rings. The van der Waals surface area contributed by atoms with Gasteiger partial charge in [-0.1, -0.05) is 25.4 Å². The third-order valence-corrected chi connectivity index (χ3v) is 4.81. The molecule has 108 valence electrons. The number of nitrogens with one attached hydrogen (secondary N) is 1. The smallest absolute Gasteiger partial charge is 0.178 e. The summed E-state index contributed by atoms with van der Waals surface area (Å²) >= 11 is 5.75. The zero-order chi connectivity index (χ0) is 14.3. The fourth-order valence-electron chi connectivity index (χ4n) is 1.69. The maximum absolute atomic E-state index is 12.0. The first-order valence-electron chi connectivity index (χ1n) is 6.61. The summed E-state index contributed by atoms with van der Waals surface area (Å²) < 4.78 is 24.0. The van der Waals surface area contributed by atoms with E-state index in [0.717, 1.165) is 19.5 Å². The van der Waals surface area contributed by atoms with Gasteiger partial charge in [0.1, 0.15) is 0 Å². The molecule has 0 amide bonds. The first-order valence-corrected chi connectivity index (χ1v) is 8.64. The minimum Gasteiger partial charge on any atom is -0.316 e. The molecular formula is C14H22ClNO2S. The Kier molecular flexibility index (Phi) is 6.83. The molecule has 19 heavy (non-hydrogen) atoms. The van der Waals surface area contributed by atoms with Crippen molar-refractivity contribution in [3.05, 3.63) is 29.3 Å². The van der Waals surface area contributed by atoms with Crippen molar-refractivity contribution in [3.8, 4) is 0 Å². The zero-order valence-corrected chi connectivity index (χ0v) is 13.1. The Morgan fingerprint density at radius 3 is 2.37 bits per heavy atom. The molecule has 0 saturated carbocycles. The monoisotopic (exact) mass is 303 g/mol. The molecule has 1 N–H and O–H groups in total. The average Bonchev–Trinajstić information content (AvgIpc) is 2.34. The third kappa shape index (κ3) is 6.41. The minimum atomic E-state index is -3.17. The normalized spacial score (nSPS) is 12.0. The molecule has 1 aromatic carbocycles. The van der Waals surface area contributed by atoms with Crippen molar-refractivity contribution in [1.29, 1.82) is 0 Å². The number of sulfone groups is 1. The Bertz CT molecular complexity index is 469. The van der Waals surface area contributed by atoms with Crippen molar-refractivity contribution in [2.24, 2.45) is 5.92 Å². The molecular weight excluding hydrogens is 282 g/mol. The summed E-state index contributed by atoms with van der Waals surface area (Å²) in [5, 5.41) is 3.86. The summed E-state index contributed by atoms with van der Waals surface area (Å²) in [5.74, 6) is 0.815. The second-order valence-electron chi connectivity index (χ2n) is 5.08. The van der Waals surface area contributed by atoms with E-state index in [1.807, 2.05) is 0 Å². The van der Waals surface area contributed by atoms with Crippen LogP contribution in [0.25, 0.3) is 0 Å². The van der Waals surface area contributed by atoms with Gasteiger partial charge in [-0.2, -0.15) is 0 Å². The third-order valence-electron chi connectivity index (χ3n) is 2.74. The highest BCUT2D eigenvalue weighted by Gasteiger charge is 2.13. The van der Waals surface area contributed by atoms with Gasteiger partial charge in [0, 0.05) is 5.02 Å². The fraction of sp³-hybridized carbons (Fsp3) is 0.571. The van der Waals surface area contributed by atoms with Crippen LogP contribution in [0.5, 0.6) is 0 Å². The highest BCUT2D eigenvalue weighted by Crippen LogP contribution is 2.16. The first kappa shape index (κ1) is 16.5. The summed E-state index contributed by atoms with van der Waals surface area (Å²) in [5.41, 5.74) is 0. The van der Waals surface area contributed by atoms with Gasteiger partial charge in [-0.3, -0.25) is 0 Å². The maximum Gasteiger partial charge on any atom is 0.178 e. The summed E-state index contributed by atoms with van der Waals surface area (Å²) in [7, 11) is -3.17. The van der Waals surface area contributed by atoms with Crippen LogP contribution in [0.1, 0.15) is 26.7 Å². The van der Waals surface area contributed by atoms with Crippen LogP contribution in [0.2, 0.25) is 5.02 Å². The largest absolute Gasteiger partial charge is 0.316 e. The number of hydrogen-bond donors (Lipinski definition) is 1. The predicted molar refractivity (Wildman–Crippen MR) is 80.4 cm³/mol. The number of halogens is 1. The van der Waals surface area contributed by atoms with Gasteiger partial charge >= 0.3 is 0 Å². The quantitative estimate of drug-likeness (QED) is 0.751. The van der Waals surface area contributed by atoms with Gasteiger partial charge in [0.25, 0.3) is 0 Å². The van der Waals surface area contributed by atoms with Crippen molar-refractivity contribution in [2.75, 3.05) is 18.8 Å². The van der Waals surface area contributed by atoms with Crippen LogP contribution < -0.4 is 5.32 Å². The van der Waals surface area contributed by atoms with E-state index in [4.69, 9.17) is 11.6 Å². The molecule has 0 spiro atoms. The van der Waals surface area contributed by atoms with Gasteiger partial charge in [0.2, 0.25) is 0 Å². The molecule has 0 heterocycles. The average molecular weight is 304 g/mol. The Morgan fingerprint density at radius 2 is 1.79 bits per heavy atom. The Hall–Kier alpha value is -0.580.